The standard InChI is InChI=1S/C30H37NO4S/c1-8-20-9-11-21(12-10-20)24-18-36-27(26(24)28(33)34-7)31-25(32)17-35-23-15-13-22(14-16-23)30(5,6)19-29(2,3)4/h9-16,18H,8,17,19H2,1-7H3,(H,31,32). The van der Waals surface area contributed by atoms with Crippen molar-refractivity contribution in [2.75, 3.05) is 19.0 Å². The fourth-order valence-corrected chi connectivity index (χ4v) is 5.60. The number of esters is 1. The second-order valence-corrected chi connectivity index (χ2v) is 11.8. The van der Waals surface area contributed by atoms with E-state index in [1.807, 2.05) is 41.8 Å². The van der Waals surface area contributed by atoms with Crippen LogP contribution in [-0.4, -0.2) is 25.6 Å². The molecule has 1 amide bonds. The number of amides is 1. The van der Waals surface area contributed by atoms with E-state index < -0.39 is 5.97 Å². The fraction of sp³-hybridized carbons (Fsp3) is 0.400. The van der Waals surface area contributed by atoms with Crippen LogP contribution in [-0.2, 0) is 21.4 Å². The molecule has 1 heterocycles. The van der Waals surface area contributed by atoms with E-state index in [1.54, 1.807) is 0 Å². The van der Waals surface area contributed by atoms with E-state index in [2.05, 4.69) is 59.0 Å². The number of benzene rings is 2. The van der Waals surface area contributed by atoms with E-state index in [9.17, 15) is 9.59 Å². The van der Waals surface area contributed by atoms with E-state index in [0.717, 1.165) is 24.0 Å². The molecule has 0 spiro atoms. The maximum atomic E-state index is 12.7. The van der Waals surface area contributed by atoms with Gasteiger partial charge < -0.3 is 14.8 Å². The van der Waals surface area contributed by atoms with Crippen molar-refractivity contribution in [3.63, 3.8) is 0 Å². The minimum Gasteiger partial charge on any atom is -0.484 e. The van der Waals surface area contributed by atoms with Crippen molar-refractivity contribution in [2.45, 2.75) is 59.8 Å². The molecule has 0 saturated carbocycles. The summed E-state index contributed by atoms with van der Waals surface area (Å²) < 4.78 is 10.7. The van der Waals surface area contributed by atoms with Crippen LogP contribution in [0.1, 0.15) is 69.4 Å². The second-order valence-electron chi connectivity index (χ2n) is 10.9. The van der Waals surface area contributed by atoms with Gasteiger partial charge in [0.25, 0.3) is 5.91 Å². The van der Waals surface area contributed by atoms with Gasteiger partial charge in [-0.2, -0.15) is 0 Å². The van der Waals surface area contributed by atoms with Gasteiger partial charge in [-0.3, -0.25) is 4.79 Å². The average molecular weight is 508 g/mol. The maximum absolute atomic E-state index is 12.7. The van der Waals surface area contributed by atoms with Crippen molar-refractivity contribution in [2.24, 2.45) is 5.41 Å². The van der Waals surface area contributed by atoms with Gasteiger partial charge in [0, 0.05) is 10.9 Å². The Morgan fingerprint density at radius 3 is 2.14 bits per heavy atom. The van der Waals surface area contributed by atoms with Crippen molar-refractivity contribution in [1.29, 1.82) is 0 Å². The quantitative estimate of drug-likeness (QED) is 0.305. The molecule has 2 aromatic carbocycles. The van der Waals surface area contributed by atoms with Crippen LogP contribution in [0.4, 0.5) is 5.00 Å². The zero-order valence-electron chi connectivity index (χ0n) is 22.4. The summed E-state index contributed by atoms with van der Waals surface area (Å²) >= 11 is 1.30. The normalized spacial score (nSPS) is 11.8. The highest BCUT2D eigenvalue weighted by atomic mass is 32.1. The lowest BCUT2D eigenvalue weighted by atomic mass is 9.72. The molecule has 3 aromatic rings. The van der Waals surface area contributed by atoms with Gasteiger partial charge in [-0.25, -0.2) is 4.79 Å². The summed E-state index contributed by atoms with van der Waals surface area (Å²) in [5.74, 6) is -0.209. The van der Waals surface area contributed by atoms with Crippen molar-refractivity contribution in [1.82, 2.24) is 0 Å². The minimum atomic E-state index is -0.490. The van der Waals surface area contributed by atoms with Crippen LogP contribution in [0.5, 0.6) is 5.75 Å². The Balaban J connectivity index is 1.68. The van der Waals surface area contributed by atoms with Gasteiger partial charge >= 0.3 is 5.97 Å². The summed E-state index contributed by atoms with van der Waals surface area (Å²) in [6.45, 7) is 13.2. The highest BCUT2D eigenvalue weighted by molar-refractivity contribution is 7.15. The monoisotopic (exact) mass is 507 g/mol. The summed E-state index contributed by atoms with van der Waals surface area (Å²) in [5.41, 5.74) is 4.69. The number of thiophene rings is 1. The second kappa shape index (κ2) is 11.3. The van der Waals surface area contributed by atoms with Crippen molar-refractivity contribution >= 4 is 28.2 Å². The van der Waals surface area contributed by atoms with E-state index in [1.165, 1.54) is 29.6 Å². The maximum Gasteiger partial charge on any atom is 0.341 e. The van der Waals surface area contributed by atoms with E-state index in [0.29, 0.717) is 16.3 Å². The number of anilines is 1. The van der Waals surface area contributed by atoms with Crippen LogP contribution in [0.2, 0.25) is 0 Å². The molecule has 0 aliphatic heterocycles. The Morgan fingerprint density at radius 1 is 0.944 bits per heavy atom. The number of hydrogen-bond acceptors (Lipinski definition) is 5. The molecular weight excluding hydrogens is 470 g/mol. The van der Waals surface area contributed by atoms with Gasteiger partial charge in [0.15, 0.2) is 6.61 Å². The van der Waals surface area contributed by atoms with Crippen LogP contribution in [0.3, 0.4) is 0 Å². The third-order valence-electron chi connectivity index (χ3n) is 6.08. The number of carbonyl (C=O) groups is 2. The van der Waals surface area contributed by atoms with Crippen LogP contribution in [0.15, 0.2) is 53.9 Å². The summed E-state index contributed by atoms with van der Waals surface area (Å²) in [6, 6.07) is 16.0. The van der Waals surface area contributed by atoms with Crippen LogP contribution in [0, 0.1) is 5.41 Å². The molecule has 0 unspecified atom stereocenters. The van der Waals surface area contributed by atoms with Gasteiger partial charge in [0.05, 0.1) is 7.11 Å². The third kappa shape index (κ3) is 6.97. The summed E-state index contributed by atoms with van der Waals surface area (Å²) in [7, 11) is 1.34. The number of aryl methyl sites for hydroxylation is 1. The fourth-order valence-electron chi connectivity index (χ4n) is 4.63. The Morgan fingerprint density at radius 2 is 1.58 bits per heavy atom. The molecule has 1 N–H and O–H groups in total. The van der Waals surface area contributed by atoms with E-state index >= 15 is 0 Å². The summed E-state index contributed by atoms with van der Waals surface area (Å²) in [4.78, 5) is 25.3. The van der Waals surface area contributed by atoms with Gasteiger partial charge in [-0.1, -0.05) is 77.9 Å². The number of carbonyl (C=O) groups excluding carboxylic acids is 2. The number of nitrogens with one attached hydrogen (secondary N) is 1. The highest BCUT2D eigenvalue weighted by Crippen LogP contribution is 2.37. The summed E-state index contributed by atoms with van der Waals surface area (Å²) in [5, 5.41) is 5.14. The number of ether oxygens (including phenoxy) is 2. The molecule has 0 radical (unpaired) electrons. The summed E-state index contributed by atoms with van der Waals surface area (Å²) in [6.07, 6.45) is 1.99. The lowest BCUT2D eigenvalue weighted by Crippen LogP contribution is -2.24. The molecule has 3 rings (SSSR count). The number of methoxy groups -OCH3 is 1. The first kappa shape index (κ1) is 27.5. The predicted molar refractivity (Wildman–Crippen MR) is 148 cm³/mol. The van der Waals surface area contributed by atoms with Crippen LogP contribution >= 0.6 is 11.3 Å². The predicted octanol–water partition coefficient (Wildman–Crippen LogP) is 7.50. The van der Waals surface area contributed by atoms with Crippen molar-refractivity contribution in [3.8, 4) is 16.9 Å². The van der Waals surface area contributed by atoms with Gasteiger partial charge in [0.1, 0.15) is 16.3 Å². The topological polar surface area (TPSA) is 64.6 Å². The zero-order valence-corrected chi connectivity index (χ0v) is 23.2. The molecular formula is C30H37NO4S. The lowest BCUT2D eigenvalue weighted by molar-refractivity contribution is -0.118. The molecule has 0 atom stereocenters. The number of rotatable bonds is 9. The third-order valence-corrected chi connectivity index (χ3v) is 6.98. The zero-order chi connectivity index (χ0) is 26.5. The molecule has 0 aliphatic carbocycles. The lowest BCUT2D eigenvalue weighted by Gasteiger charge is -2.33. The number of hydrogen-bond donors (Lipinski definition) is 1. The Hall–Kier alpha value is -3.12. The first-order valence-corrected chi connectivity index (χ1v) is 13.1. The van der Waals surface area contributed by atoms with Gasteiger partial charge in [-0.05, 0) is 52.5 Å². The Kier molecular flexibility index (Phi) is 8.62. The largest absolute Gasteiger partial charge is 0.484 e. The smallest absolute Gasteiger partial charge is 0.341 e. The Labute approximate surface area is 218 Å². The molecule has 36 heavy (non-hydrogen) atoms. The molecule has 5 nitrogen and oxygen atoms in total. The first-order chi connectivity index (χ1) is 16.9. The molecule has 0 saturated heterocycles. The highest BCUT2D eigenvalue weighted by Gasteiger charge is 2.27. The van der Waals surface area contributed by atoms with Gasteiger partial charge in [-0.15, -0.1) is 11.3 Å². The van der Waals surface area contributed by atoms with Crippen LogP contribution < -0.4 is 10.1 Å². The molecule has 0 aliphatic rings. The van der Waals surface area contributed by atoms with Crippen LogP contribution in [0.25, 0.3) is 11.1 Å². The molecule has 0 fully saturated rings. The minimum absolute atomic E-state index is 0.0339. The van der Waals surface area contributed by atoms with E-state index in [-0.39, 0.29) is 23.3 Å². The molecule has 6 heteroatoms. The molecule has 1 aromatic heterocycles. The molecule has 192 valence electrons. The van der Waals surface area contributed by atoms with Crippen molar-refractivity contribution in [3.05, 3.63) is 70.6 Å². The van der Waals surface area contributed by atoms with Crippen molar-refractivity contribution < 1.29 is 19.1 Å². The SMILES string of the molecule is CCc1ccc(-c2csc(NC(=O)COc3ccc(C(C)(C)CC(C)(C)C)cc3)c2C(=O)OC)cc1. The Bertz CT molecular complexity index is 1190. The molecule has 0 bridgehead atoms. The van der Waals surface area contributed by atoms with E-state index in [4.69, 9.17) is 9.47 Å². The first-order valence-electron chi connectivity index (χ1n) is 12.3. The van der Waals surface area contributed by atoms with Gasteiger partial charge in [0.2, 0.25) is 0 Å². The average Bonchev–Trinajstić information content (AvgIpc) is 3.24.